The van der Waals surface area contributed by atoms with Crippen LogP contribution in [0.25, 0.3) is 0 Å². The van der Waals surface area contributed by atoms with Crippen LogP contribution < -0.4 is 0 Å². The van der Waals surface area contributed by atoms with E-state index in [0.29, 0.717) is 0 Å². The van der Waals surface area contributed by atoms with E-state index < -0.39 is 5.97 Å². The van der Waals surface area contributed by atoms with E-state index >= 15 is 0 Å². The average molecular weight is 112 g/mol. The van der Waals surface area contributed by atoms with Crippen LogP contribution in [0.5, 0.6) is 0 Å². The van der Waals surface area contributed by atoms with Crippen molar-refractivity contribution >= 4 is 5.97 Å². The van der Waals surface area contributed by atoms with Gasteiger partial charge in [-0.05, 0) is 6.92 Å². The minimum absolute atomic E-state index is 0.743. The van der Waals surface area contributed by atoms with E-state index in [4.69, 9.17) is 5.11 Å². The largest absolute Gasteiger partial charge is 0.478 e. The average Bonchev–Trinajstić information content (AvgIpc) is 1.61. The maximum Gasteiger partial charge on any atom is 0.328 e. The molecule has 0 aliphatic heterocycles. The van der Waals surface area contributed by atoms with Gasteiger partial charge in [-0.3, -0.25) is 0 Å². The fourth-order valence-electron chi connectivity index (χ4n) is 0.214. The predicted octanol–water partition coefficient (Wildman–Crippen LogP) is 1.20. The highest BCUT2D eigenvalue weighted by Crippen LogP contribution is 1.86. The Labute approximate surface area is 48.1 Å². The van der Waals surface area contributed by atoms with E-state index in [2.05, 4.69) is 6.58 Å². The number of hydrogen-bond donors (Lipinski definition) is 1. The lowest BCUT2D eigenvalue weighted by Crippen LogP contribution is -1.85. The van der Waals surface area contributed by atoms with Crippen molar-refractivity contribution in [3.05, 3.63) is 24.3 Å². The lowest BCUT2D eigenvalue weighted by Gasteiger charge is -1.79. The molecule has 0 aliphatic carbocycles. The Kier molecular flexibility index (Phi) is 2.62. The lowest BCUT2D eigenvalue weighted by molar-refractivity contribution is -0.131. The lowest BCUT2D eigenvalue weighted by atomic mass is 10.3. The summed E-state index contributed by atoms with van der Waals surface area (Å²) in [6.45, 7) is 5.21. The molecule has 0 amide bonds. The highest BCUT2D eigenvalue weighted by atomic mass is 16.4. The molecule has 0 radical (unpaired) electrons. The normalized spacial score (nSPS) is 9.62. The summed E-state index contributed by atoms with van der Waals surface area (Å²) >= 11 is 0. The van der Waals surface area contributed by atoms with Gasteiger partial charge in [0.25, 0.3) is 0 Å². The minimum Gasteiger partial charge on any atom is -0.478 e. The summed E-state index contributed by atoms with van der Waals surface area (Å²) in [5.74, 6) is -0.937. The summed E-state index contributed by atoms with van der Waals surface area (Å²) in [7, 11) is 0. The van der Waals surface area contributed by atoms with Crippen molar-refractivity contribution in [2.75, 3.05) is 0 Å². The Bertz CT molecular complexity index is 117. The third kappa shape index (κ3) is 4.95. The molecule has 0 aromatic rings. The molecule has 0 heterocycles. The molecule has 8 heavy (non-hydrogen) atoms. The Balaban J connectivity index is 3.67. The Hall–Kier alpha value is -1.05. The van der Waals surface area contributed by atoms with Crippen LogP contribution in [0.2, 0.25) is 0 Å². The fourth-order valence-corrected chi connectivity index (χ4v) is 0.214. The summed E-state index contributed by atoms with van der Waals surface area (Å²) in [5.41, 5.74) is 0.743. The van der Waals surface area contributed by atoms with Crippen molar-refractivity contribution in [2.45, 2.75) is 6.92 Å². The molecule has 2 heteroatoms. The van der Waals surface area contributed by atoms with E-state index in [9.17, 15) is 4.79 Å². The van der Waals surface area contributed by atoms with Crippen LogP contribution in [0, 0.1) is 0 Å². The van der Waals surface area contributed by atoms with Crippen molar-refractivity contribution in [1.82, 2.24) is 0 Å². The number of allylic oxidation sites excluding steroid dienone is 2. The van der Waals surface area contributed by atoms with E-state index in [1.165, 1.54) is 6.08 Å². The van der Waals surface area contributed by atoms with Crippen molar-refractivity contribution in [3.63, 3.8) is 0 Å². The van der Waals surface area contributed by atoms with Crippen molar-refractivity contribution in [2.24, 2.45) is 0 Å². The van der Waals surface area contributed by atoms with Gasteiger partial charge >= 0.3 is 5.97 Å². The number of aliphatic carboxylic acids is 1. The zero-order valence-electron chi connectivity index (χ0n) is 4.72. The molecule has 44 valence electrons. The summed E-state index contributed by atoms with van der Waals surface area (Å²) in [4.78, 5) is 9.78. The Morgan fingerprint density at radius 2 is 2.12 bits per heavy atom. The van der Waals surface area contributed by atoms with Gasteiger partial charge in [-0.25, -0.2) is 4.79 Å². The first-order chi connectivity index (χ1) is 3.63. The third-order valence-electron chi connectivity index (χ3n) is 0.510. The standard InChI is InChI=1S/C6H8O2/c1-5(2)3-4-6(7)8/h3-4H,1H2,2H3,(H,7,8). The first kappa shape index (κ1) is 6.95. The van der Waals surface area contributed by atoms with Gasteiger partial charge in [-0.1, -0.05) is 18.2 Å². The second kappa shape index (κ2) is 3.02. The van der Waals surface area contributed by atoms with Crippen LogP contribution in [0.4, 0.5) is 0 Å². The number of hydrogen-bond acceptors (Lipinski definition) is 1. The molecule has 0 atom stereocenters. The second-order valence-corrected chi connectivity index (χ2v) is 1.52. The van der Waals surface area contributed by atoms with Gasteiger partial charge in [0, 0.05) is 6.08 Å². The first-order valence-electron chi connectivity index (χ1n) is 2.19. The molecule has 0 bridgehead atoms. The molecule has 0 fully saturated rings. The highest BCUT2D eigenvalue weighted by molar-refractivity contribution is 5.80. The van der Waals surface area contributed by atoms with Crippen LogP contribution in [-0.4, -0.2) is 11.1 Å². The summed E-state index contributed by atoms with van der Waals surface area (Å²) in [5, 5.41) is 8.03. The summed E-state index contributed by atoms with van der Waals surface area (Å²) in [6.07, 6.45) is 2.50. The van der Waals surface area contributed by atoms with Crippen molar-refractivity contribution in [3.8, 4) is 0 Å². The Morgan fingerprint density at radius 3 is 2.25 bits per heavy atom. The highest BCUT2D eigenvalue weighted by Gasteiger charge is 1.81. The number of rotatable bonds is 2. The monoisotopic (exact) mass is 112 g/mol. The quantitative estimate of drug-likeness (QED) is 0.430. The molecule has 0 unspecified atom stereocenters. The van der Waals surface area contributed by atoms with Gasteiger partial charge in [0.2, 0.25) is 0 Å². The third-order valence-corrected chi connectivity index (χ3v) is 0.510. The van der Waals surface area contributed by atoms with Crippen LogP contribution in [0.15, 0.2) is 24.3 Å². The minimum atomic E-state index is -0.937. The molecule has 0 saturated heterocycles. The van der Waals surface area contributed by atoms with Crippen molar-refractivity contribution in [1.29, 1.82) is 0 Å². The summed E-state index contributed by atoms with van der Waals surface area (Å²) < 4.78 is 0. The predicted molar refractivity (Wildman–Crippen MR) is 31.6 cm³/mol. The van der Waals surface area contributed by atoms with Gasteiger partial charge < -0.3 is 5.11 Å². The molecule has 0 aliphatic rings. The molecule has 2 nitrogen and oxygen atoms in total. The molecular weight excluding hydrogens is 104 g/mol. The number of carboxylic acid groups (broad SMARTS) is 1. The Morgan fingerprint density at radius 1 is 1.62 bits per heavy atom. The van der Waals surface area contributed by atoms with E-state index in [1.54, 1.807) is 6.92 Å². The molecule has 0 spiro atoms. The molecule has 0 rings (SSSR count). The molecular formula is C6H8O2. The smallest absolute Gasteiger partial charge is 0.328 e. The van der Waals surface area contributed by atoms with Gasteiger partial charge in [0.15, 0.2) is 0 Å². The van der Waals surface area contributed by atoms with Gasteiger partial charge in [-0.2, -0.15) is 0 Å². The van der Waals surface area contributed by atoms with Crippen LogP contribution >= 0.6 is 0 Å². The fraction of sp³-hybridized carbons (Fsp3) is 0.167. The van der Waals surface area contributed by atoms with E-state index in [0.717, 1.165) is 11.6 Å². The topological polar surface area (TPSA) is 37.3 Å². The maximum atomic E-state index is 9.78. The number of carbonyl (C=O) groups is 1. The van der Waals surface area contributed by atoms with Crippen molar-refractivity contribution < 1.29 is 9.90 Å². The van der Waals surface area contributed by atoms with Gasteiger partial charge in [-0.15, -0.1) is 0 Å². The SMILES string of the molecule is C=C(C)C=CC(=O)O. The van der Waals surface area contributed by atoms with E-state index in [1.807, 2.05) is 0 Å². The zero-order valence-corrected chi connectivity index (χ0v) is 4.72. The molecule has 0 aromatic carbocycles. The van der Waals surface area contributed by atoms with Gasteiger partial charge in [0.1, 0.15) is 0 Å². The first-order valence-corrected chi connectivity index (χ1v) is 2.19. The van der Waals surface area contributed by atoms with Gasteiger partial charge in [0.05, 0.1) is 0 Å². The van der Waals surface area contributed by atoms with Crippen LogP contribution in [-0.2, 0) is 4.79 Å². The van der Waals surface area contributed by atoms with Crippen LogP contribution in [0.3, 0.4) is 0 Å². The van der Waals surface area contributed by atoms with E-state index in [-0.39, 0.29) is 0 Å². The molecule has 0 saturated carbocycles. The zero-order chi connectivity index (χ0) is 6.57. The second-order valence-electron chi connectivity index (χ2n) is 1.52. The summed E-state index contributed by atoms with van der Waals surface area (Å²) in [6, 6.07) is 0. The number of carboxylic acids is 1. The van der Waals surface area contributed by atoms with Crippen LogP contribution in [0.1, 0.15) is 6.92 Å². The molecule has 1 N–H and O–H groups in total. The maximum absolute atomic E-state index is 9.78. The molecule has 0 aromatic heterocycles.